The van der Waals surface area contributed by atoms with Gasteiger partial charge in [0, 0.05) is 18.2 Å². The van der Waals surface area contributed by atoms with Gasteiger partial charge in [0.2, 0.25) is 11.7 Å². The molecule has 2 atom stereocenters. The number of nitrogens with two attached hydrogens (primary N) is 1. The molecular formula is C16H22N4O. The summed E-state index contributed by atoms with van der Waals surface area (Å²) in [6.07, 6.45) is 1.15. The van der Waals surface area contributed by atoms with Crippen molar-refractivity contribution in [1.29, 1.82) is 0 Å². The SMILES string of the molecule is Cc1ccccc1-c1noc(CN2CC(CN)CC2C)n1. The van der Waals surface area contributed by atoms with Gasteiger partial charge in [-0.05, 0) is 38.3 Å². The molecule has 0 aliphatic carbocycles. The number of aryl methyl sites for hydroxylation is 1. The minimum absolute atomic E-state index is 0.521. The van der Waals surface area contributed by atoms with E-state index in [0.29, 0.717) is 30.2 Å². The first-order chi connectivity index (χ1) is 10.2. The van der Waals surface area contributed by atoms with E-state index in [1.165, 1.54) is 0 Å². The van der Waals surface area contributed by atoms with Crippen LogP contribution < -0.4 is 5.73 Å². The summed E-state index contributed by atoms with van der Waals surface area (Å²) >= 11 is 0. The van der Waals surface area contributed by atoms with E-state index in [2.05, 4.69) is 35.0 Å². The van der Waals surface area contributed by atoms with Gasteiger partial charge in [0.05, 0.1) is 6.54 Å². The summed E-state index contributed by atoms with van der Waals surface area (Å²) in [6.45, 7) is 6.75. The van der Waals surface area contributed by atoms with E-state index in [4.69, 9.17) is 10.3 Å². The quantitative estimate of drug-likeness (QED) is 0.933. The second kappa shape index (κ2) is 5.95. The van der Waals surface area contributed by atoms with Crippen LogP contribution in [0.25, 0.3) is 11.4 Å². The third-order valence-corrected chi connectivity index (χ3v) is 4.32. The largest absolute Gasteiger partial charge is 0.338 e. The van der Waals surface area contributed by atoms with Crippen molar-refractivity contribution in [3.05, 3.63) is 35.7 Å². The maximum Gasteiger partial charge on any atom is 0.241 e. The second-order valence-electron chi connectivity index (χ2n) is 5.94. The molecule has 5 nitrogen and oxygen atoms in total. The van der Waals surface area contributed by atoms with E-state index >= 15 is 0 Å². The van der Waals surface area contributed by atoms with Gasteiger partial charge in [-0.1, -0.05) is 29.4 Å². The first kappa shape index (κ1) is 14.2. The van der Waals surface area contributed by atoms with Crippen LogP contribution in [-0.4, -0.2) is 34.2 Å². The summed E-state index contributed by atoms with van der Waals surface area (Å²) in [5.74, 6) is 1.93. The molecule has 1 aliphatic heterocycles. The van der Waals surface area contributed by atoms with E-state index < -0.39 is 0 Å². The van der Waals surface area contributed by atoms with Crippen LogP contribution in [0.5, 0.6) is 0 Å². The average molecular weight is 286 g/mol. The third-order valence-electron chi connectivity index (χ3n) is 4.32. The molecule has 0 saturated carbocycles. The fourth-order valence-corrected chi connectivity index (χ4v) is 3.03. The summed E-state index contributed by atoms with van der Waals surface area (Å²) in [7, 11) is 0. The van der Waals surface area contributed by atoms with Gasteiger partial charge in [0.25, 0.3) is 0 Å². The molecule has 2 heterocycles. The Hall–Kier alpha value is -1.72. The fraction of sp³-hybridized carbons (Fsp3) is 0.500. The Labute approximate surface area is 125 Å². The topological polar surface area (TPSA) is 68.2 Å². The van der Waals surface area contributed by atoms with Crippen LogP contribution in [0.4, 0.5) is 0 Å². The first-order valence-electron chi connectivity index (χ1n) is 7.50. The monoisotopic (exact) mass is 286 g/mol. The lowest BCUT2D eigenvalue weighted by atomic mass is 10.1. The van der Waals surface area contributed by atoms with Crippen LogP contribution in [0.15, 0.2) is 28.8 Å². The van der Waals surface area contributed by atoms with Crippen LogP contribution in [0.2, 0.25) is 0 Å². The Morgan fingerprint density at radius 2 is 2.19 bits per heavy atom. The number of likely N-dealkylation sites (tertiary alicyclic amines) is 1. The number of rotatable bonds is 4. The van der Waals surface area contributed by atoms with Crippen molar-refractivity contribution >= 4 is 0 Å². The first-order valence-corrected chi connectivity index (χ1v) is 7.50. The van der Waals surface area contributed by atoms with Crippen molar-refractivity contribution in [2.75, 3.05) is 13.1 Å². The van der Waals surface area contributed by atoms with Crippen molar-refractivity contribution in [3.8, 4) is 11.4 Å². The minimum atomic E-state index is 0.521. The van der Waals surface area contributed by atoms with Crippen LogP contribution in [0, 0.1) is 12.8 Å². The third kappa shape index (κ3) is 2.99. The fourth-order valence-electron chi connectivity index (χ4n) is 3.03. The molecule has 1 saturated heterocycles. The van der Waals surface area contributed by atoms with Gasteiger partial charge in [-0.2, -0.15) is 4.98 Å². The van der Waals surface area contributed by atoms with E-state index in [0.717, 1.165) is 30.6 Å². The summed E-state index contributed by atoms with van der Waals surface area (Å²) in [5, 5.41) is 4.12. The molecule has 1 aromatic carbocycles. The molecule has 0 amide bonds. The molecule has 5 heteroatoms. The van der Waals surface area contributed by atoms with E-state index in [1.54, 1.807) is 0 Å². The molecule has 2 N–H and O–H groups in total. The summed E-state index contributed by atoms with van der Waals surface area (Å²) in [5.41, 5.74) is 7.95. The molecule has 1 aromatic heterocycles. The number of hydrogen-bond acceptors (Lipinski definition) is 5. The van der Waals surface area contributed by atoms with Crippen molar-refractivity contribution < 1.29 is 4.52 Å². The van der Waals surface area contributed by atoms with Gasteiger partial charge < -0.3 is 10.3 Å². The smallest absolute Gasteiger partial charge is 0.241 e. The zero-order chi connectivity index (χ0) is 14.8. The number of hydrogen-bond donors (Lipinski definition) is 1. The van der Waals surface area contributed by atoms with E-state index in [-0.39, 0.29) is 0 Å². The average Bonchev–Trinajstić information content (AvgIpc) is 3.07. The highest BCUT2D eigenvalue weighted by Crippen LogP contribution is 2.25. The molecule has 112 valence electrons. The van der Waals surface area contributed by atoms with Gasteiger partial charge in [-0.3, -0.25) is 4.90 Å². The predicted octanol–water partition coefficient (Wildman–Crippen LogP) is 2.21. The molecule has 0 spiro atoms. The molecule has 21 heavy (non-hydrogen) atoms. The Balaban J connectivity index is 1.73. The van der Waals surface area contributed by atoms with Crippen molar-refractivity contribution in [2.45, 2.75) is 32.9 Å². The molecule has 2 unspecified atom stereocenters. The molecule has 1 aliphatic rings. The van der Waals surface area contributed by atoms with Crippen LogP contribution >= 0.6 is 0 Å². The molecule has 2 aromatic rings. The Morgan fingerprint density at radius 3 is 2.90 bits per heavy atom. The normalized spacial score (nSPS) is 22.8. The maximum absolute atomic E-state index is 5.77. The van der Waals surface area contributed by atoms with Crippen LogP contribution in [-0.2, 0) is 6.54 Å². The van der Waals surface area contributed by atoms with Gasteiger partial charge in [0.1, 0.15) is 0 Å². The molecular weight excluding hydrogens is 264 g/mol. The lowest BCUT2D eigenvalue weighted by Crippen LogP contribution is -2.27. The maximum atomic E-state index is 5.77. The number of aromatic nitrogens is 2. The number of benzene rings is 1. The zero-order valence-electron chi connectivity index (χ0n) is 12.6. The lowest BCUT2D eigenvalue weighted by molar-refractivity contribution is 0.218. The van der Waals surface area contributed by atoms with Gasteiger partial charge in [0.15, 0.2) is 0 Å². The van der Waals surface area contributed by atoms with Gasteiger partial charge in [-0.25, -0.2) is 0 Å². The Morgan fingerprint density at radius 1 is 1.38 bits per heavy atom. The highest BCUT2D eigenvalue weighted by Gasteiger charge is 2.29. The standard InChI is InChI=1S/C16H22N4O/c1-11-5-3-4-6-14(11)16-18-15(21-19-16)10-20-9-13(8-17)7-12(20)2/h3-6,12-13H,7-10,17H2,1-2H3. The second-order valence-corrected chi connectivity index (χ2v) is 5.94. The Bertz CT molecular complexity index is 610. The predicted molar refractivity (Wildman–Crippen MR) is 81.5 cm³/mol. The molecule has 0 radical (unpaired) electrons. The number of nitrogens with zero attached hydrogens (tertiary/aromatic N) is 3. The molecule has 3 rings (SSSR count). The zero-order valence-corrected chi connectivity index (χ0v) is 12.6. The van der Waals surface area contributed by atoms with Crippen molar-refractivity contribution in [2.24, 2.45) is 11.7 Å². The summed E-state index contributed by atoms with van der Waals surface area (Å²) in [4.78, 5) is 6.91. The highest BCUT2D eigenvalue weighted by atomic mass is 16.5. The lowest BCUT2D eigenvalue weighted by Gasteiger charge is -2.18. The highest BCUT2D eigenvalue weighted by molar-refractivity contribution is 5.58. The Kier molecular flexibility index (Phi) is 4.03. The van der Waals surface area contributed by atoms with E-state index in [1.807, 2.05) is 18.2 Å². The van der Waals surface area contributed by atoms with Gasteiger partial charge >= 0.3 is 0 Å². The molecule has 1 fully saturated rings. The summed E-state index contributed by atoms with van der Waals surface area (Å²) in [6, 6.07) is 8.60. The van der Waals surface area contributed by atoms with E-state index in [9.17, 15) is 0 Å². The summed E-state index contributed by atoms with van der Waals surface area (Å²) < 4.78 is 5.42. The van der Waals surface area contributed by atoms with Crippen molar-refractivity contribution in [3.63, 3.8) is 0 Å². The van der Waals surface area contributed by atoms with Gasteiger partial charge in [-0.15, -0.1) is 0 Å². The van der Waals surface area contributed by atoms with Crippen molar-refractivity contribution in [1.82, 2.24) is 15.0 Å². The van der Waals surface area contributed by atoms with Crippen LogP contribution in [0.3, 0.4) is 0 Å². The molecule has 0 bridgehead atoms. The minimum Gasteiger partial charge on any atom is -0.338 e. The van der Waals surface area contributed by atoms with Crippen LogP contribution in [0.1, 0.15) is 24.8 Å².